The van der Waals surface area contributed by atoms with Gasteiger partial charge in [0.2, 0.25) is 11.8 Å². The third-order valence-electron chi connectivity index (χ3n) is 7.79. The van der Waals surface area contributed by atoms with Crippen LogP contribution in [0.15, 0.2) is 24.3 Å². The summed E-state index contributed by atoms with van der Waals surface area (Å²) in [6, 6.07) is 6.29. The van der Waals surface area contributed by atoms with Crippen molar-refractivity contribution in [2.45, 2.75) is 44.2 Å². The molecule has 2 aliphatic heterocycles. The van der Waals surface area contributed by atoms with E-state index in [0.29, 0.717) is 43.3 Å². The highest BCUT2D eigenvalue weighted by atomic mass is 16.5. The lowest BCUT2D eigenvalue weighted by molar-refractivity contribution is -0.128. The minimum absolute atomic E-state index is 0.0320. The average Bonchev–Trinajstić information content (AvgIpc) is 3.61. The van der Waals surface area contributed by atoms with Gasteiger partial charge in [-0.15, -0.1) is 0 Å². The van der Waals surface area contributed by atoms with E-state index in [0.717, 1.165) is 30.2 Å². The lowest BCUT2D eigenvalue weighted by Gasteiger charge is -2.29. The van der Waals surface area contributed by atoms with Gasteiger partial charge in [0.15, 0.2) is 0 Å². The van der Waals surface area contributed by atoms with E-state index < -0.39 is 12.1 Å². The largest absolute Gasteiger partial charge is 0.496 e. The van der Waals surface area contributed by atoms with Crippen LogP contribution in [0.5, 0.6) is 5.75 Å². The first-order chi connectivity index (χ1) is 16.5. The zero-order chi connectivity index (χ0) is 23.8. The van der Waals surface area contributed by atoms with Crippen LogP contribution in [0.4, 0.5) is 0 Å². The van der Waals surface area contributed by atoms with Crippen molar-refractivity contribution in [2.24, 2.45) is 17.8 Å². The number of aliphatic hydroxyl groups is 1. The maximum Gasteiger partial charge on any atom is 0.271 e. The van der Waals surface area contributed by atoms with Gasteiger partial charge in [-0.05, 0) is 55.7 Å². The van der Waals surface area contributed by atoms with Gasteiger partial charge in [0, 0.05) is 29.9 Å². The SMILES string of the molecule is COc1cccc2[nH]c(C(=O)N3C[C@@H]4CCC[C@@H]4[C@H]3C(=O)N[C@H](CO)C[C@@H]3CCNC3=O)cc12. The molecule has 1 aromatic heterocycles. The second-order valence-corrected chi connectivity index (χ2v) is 9.76. The van der Waals surface area contributed by atoms with E-state index in [2.05, 4.69) is 15.6 Å². The molecule has 3 amide bonds. The highest BCUT2D eigenvalue weighted by molar-refractivity contribution is 6.02. The maximum atomic E-state index is 13.6. The topological polar surface area (TPSA) is 124 Å². The van der Waals surface area contributed by atoms with Gasteiger partial charge >= 0.3 is 0 Å². The van der Waals surface area contributed by atoms with Crippen LogP contribution in [-0.2, 0) is 9.59 Å². The fourth-order valence-electron chi connectivity index (χ4n) is 6.10. The van der Waals surface area contributed by atoms with Gasteiger partial charge in [-0.25, -0.2) is 0 Å². The Morgan fingerprint density at radius 1 is 1.29 bits per heavy atom. The number of aromatic amines is 1. The second kappa shape index (κ2) is 9.29. The number of amides is 3. The normalized spacial score (nSPS) is 27.0. The van der Waals surface area contributed by atoms with E-state index in [1.165, 1.54) is 0 Å². The third kappa shape index (κ3) is 4.02. The van der Waals surface area contributed by atoms with Crippen molar-refractivity contribution in [3.8, 4) is 5.75 Å². The van der Waals surface area contributed by atoms with Gasteiger partial charge < -0.3 is 30.4 Å². The van der Waals surface area contributed by atoms with Crippen molar-refractivity contribution in [1.29, 1.82) is 0 Å². The van der Waals surface area contributed by atoms with Crippen LogP contribution in [0.2, 0.25) is 0 Å². The monoisotopic (exact) mass is 468 g/mol. The molecule has 4 N–H and O–H groups in total. The summed E-state index contributed by atoms with van der Waals surface area (Å²) in [5.74, 6) is 0.401. The summed E-state index contributed by atoms with van der Waals surface area (Å²) in [6.07, 6.45) is 4.06. The summed E-state index contributed by atoms with van der Waals surface area (Å²) in [7, 11) is 1.60. The Morgan fingerprint density at radius 3 is 2.88 bits per heavy atom. The van der Waals surface area contributed by atoms with E-state index in [-0.39, 0.29) is 36.2 Å². The van der Waals surface area contributed by atoms with Crippen LogP contribution < -0.4 is 15.4 Å². The summed E-state index contributed by atoms with van der Waals surface area (Å²) in [5, 5.41) is 16.5. The Morgan fingerprint density at radius 2 is 2.15 bits per heavy atom. The van der Waals surface area contributed by atoms with E-state index in [1.807, 2.05) is 18.2 Å². The van der Waals surface area contributed by atoms with Crippen LogP contribution in [0.1, 0.15) is 42.6 Å². The Bertz CT molecular complexity index is 1100. The molecule has 0 spiro atoms. The molecule has 0 bridgehead atoms. The number of carbonyl (C=O) groups excluding carboxylic acids is 3. The Hall–Kier alpha value is -3.07. The number of nitrogens with one attached hydrogen (secondary N) is 3. The van der Waals surface area contributed by atoms with E-state index in [4.69, 9.17) is 4.74 Å². The minimum atomic E-state index is -0.584. The standard InChI is InChI=1S/C25H32N4O5/c1-34-21-7-3-6-19-18(21)11-20(28-19)25(33)29-12-15-4-2-5-17(15)22(29)24(32)27-16(13-30)10-14-8-9-26-23(14)31/h3,6-7,11,14-17,22,28,30H,2,4-5,8-10,12-13H2,1H3,(H,26,31)(H,27,32)/t14-,15-,16-,17-,22-/m0/s1. The number of likely N-dealkylation sites (tertiary alicyclic amines) is 1. The zero-order valence-corrected chi connectivity index (χ0v) is 19.4. The van der Waals surface area contributed by atoms with Crippen LogP contribution in [0.25, 0.3) is 10.9 Å². The number of benzene rings is 1. The van der Waals surface area contributed by atoms with E-state index in [9.17, 15) is 19.5 Å². The number of hydrogen-bond acceptors (Lipinski definition) is 5. The molecule has 1 aliphatic carbocycles. The molecule has 5 atom stereocenters. The fraction of sp³-hybridized carbons (Fsp3) is 0.560. The van der Waals surface area contributed by atoms with Gasteiger partial charge in [-0.3, -0.25) is 14.4 Å². The molecular formula is C25H32N4O5. The van der Waals surface area contributed by atoms with Crippen LogP contribution in [0.3, 0.4) is 0 Å². The first-order valence-corrected chi connectivity index (χ1v) is 12.2. The van der Waals surface area contributed by atoms with Gasteiger partial charge in [-0.2, -0.15) is 0 Å². The van der Waals surface area contributed by atoms with Crippen molar-refractivity contribution >= 4 is 28.6 Å². The predicted molar refractivity (Wildman–Crippen MR) is 125 cm³/mol. The molecule has 3 heterocycles. The number of H-pyrrole nitrogens is 1. The third-order valence-corrected chi connectivity index (χ3v) is 7.79. The molecule has 2 aromatic rings. The van der Waals surface area contributed by atoms with Crippen molar-refractivity contribution in [1.82, 2.24) is 20.5 Å². The number of fused-ring (bicyclic) bond motifs is 2. The molecule has 34 heavy (non-hydrogen) atoms. The molecular weight excluding hydrogens is 436 g/mol. The Labute approximate surface area is 198 Å². The number of aliphatic hydroxyl groups excluding tert-OH is 1. The van der Waals surface area contributed by atoms with Crippen LogP contribution in [-0.4, -0.2) is 71.6 Å². The van der Waals surface area contributed by atoms with Crippen molar-refractivity contribution in [2.75, 3.05) is 26.8 Å². The lowest BCUT2D eigenvalue weighted by Crippen LogP contribution is -2.52. The molecule has 9 nitrogen and oxygen atoms in total. The van der Waals surface area contributed by atoms with E-state index >= 15 is 0 Å². The summed E-state index contributed by atoms with van der Waals surface area (Å²) >= 11 is 0. The summed E-state index contributed by atoms with van der Waals surface area (Å²) in [6.45, 7) is 0.925. The summed E-state index contributed by atoms with van der Waals surface area (Å²) in [5.41, 5.74) is 1.23. The molecule has 0 radical (unpaired) electrons. The number of aromatic nitrogens is 1. The number of rotatable bonds is 7. The highest BCUT2D eigenvalue weighted by Crippen LogP contribution is 2.43. The van der Waals surface area contributed by atoms with Crippen LogP contribution in [0, 0.1) is 17.8 Å². The summed E-state index contributed by atoms with van der Waals surface area (Å²) < 4.78 is 5.42. The molecule has 9 heteroatoms. The van der Waals surface area contributed by atoms with Crippen molar-refractivity contribution < 1.29 is 24.2 Å². The molecule has 0 unspecified atom stereocenters. The molecule has 3 fully saturated rings. The van der Waals surface area contributed by atoms with Crippen molar-refractivity contribution in [3.63, 3.8) is 0 Å². The number of hydrogen-bond donors (Lipinski definition) is 4. The van der Waals surface area contributed by atoms with Crippen LogP contribution >= 0.6 is 0 Å². The maximum absolute atomic E-state index is 13.6. The highest BCUT2D eigenvalue weighted by Gasteiger charge is 2.50. The molecule has 5 rings (SSSR count). The number of carbonyl (C=O) groups is 3. The first kappa shape index (κ1) is 22.7. The Balaban J connectivity index is 1.36. The first-order valence-electron chi connectivity index (χ1n) is 12.2. The molecule has 1 saturated carbocycles. The molecule has 2 saturated heterocycles. The second-order valence-electron chi connectivity index (χ2n) is 9.76. The zero-order valence-electron chi connectivity index (χ0n) is 19.4. The fourth-order valence-corrected chi connectivity index (χ4v) is 6.10. The number of ether oxygens (including phenoxy) is 1. The minimum Gasteiger partial charge on any atom is -0.496 e. The quantitative estimate of drug-likeness (QED) is 0.489. The van der Waals surface area contributed by atoms with Gasteiger partial charge in [-0.1, -0.05) is 12.5 Å². The predicted octanol–water partition coefficient (Wildman–Crippen LogP) is 1.42. The smallest absolute Gasteiger partial charge is 0.271 e. The summed E-state index contributed by atoms with van der Waals surface area (Å²) in [4.78, 5) is 43.9. The molecule has 182 valence electrons. The number of methoxy groups -OCH3 is 1. The number of nitrogens with zero attached hydrogens (tertiary/aromatic N) is 1. The van der Waals surface area contributed by atoms with Gasteiger partial charge in [0.1, 0.15) is 17.5 Å². The Kier molecular flexibility index (Phi) is 6.20. The molecule has 1 aromatic carbocycles. The van der Waals surface area contributed by atoms with E-state index in [1.54, 1.807) is 18.1 Å². The van der Waals surface area contributed by atoms with Crippen molar-refractivity contribution in [3.05, 3.63) is 30.0 Å². The lowest BCUT2D eigenvalue weighted by atomic mass is 9.92. The van der Waals surface area contributed by atoms with Gasteiger partial charge in [0.05, 0.1) is 19.8 Å². The average molecular weight is 469 g/mol. The molecule has 3 aliphatic rings. The van der Waals surface area contributed by atoms with Gasteiger partial charge in [0.25, 0.3) is 5.91 Å².